The largest absolute Gasteiger partial charge is 0.368 e. The Labute approximate surface area is 99.8 Å². The summed E-state index contributed by atoms with van der Waals surface area (Å²) in [7, 11) is 3.27. The Balaban J connectivity index is 2.32. The molecule has 4 heteroatoms. The minimum absolute atomic E-state index is 0.0845. The lowest BCUT2D eigenvalue weighted by atomic mass is 10.0. The molecular formula is C13H14N2O2. The van der Waals surface area contributed by atoms with Crippen LogP contribution in [0.3, 0.4) is 0 Å². The van der Waals surface area contributed by atoms with E-state index in [1.807, 2.05) is 30.3 Å². The number of rotatable bonds is 4. The first-order valence-corrected chi connectivity index (χ1v) is 5.34. The predicted molar refractivity (Wildman–Crippen MR) is 63.7 cm³/mol. The van der Waals surface area contributed by atoms with E-state index in [1.165, 1.54) is 7.11 Å². The lowest BCUT2D eigenvalue weighted by Crippen LogP contribution is -2.18. The Morgan fingerprint density at radius 2 is 2.00 bits per heavy atom. The van der Waals surface area contributed by atoms with Crippen LogP contribution in [0.25, 0.3) is 0 Å². The number of carbonyl (C=O) groups is 1. The van der Waals surface area contributed by atoms with E-state index in [9.17, 15) is 4.79 Å². The van der Waals surface area contributed by atoms with Gasteiger partial charge in [-0.05, 0) is 11.6 Å². The number of hydrogen-bond acceptors (Lipinski definition) is 3. The minimum Gasteiger partial charge on any atom is -0.368 e. The van der Waals surface area contributed by atoms with Crippen molar-refractivity contribution in [2.45, 2.75) is 6.10 Å². The van der Waals surface area contributed by atoms with Gasteiger partial charge in [0.25, 0.3) is 0 Å². The average molecular weight is 230 g/mol. The molecule has 1 atom stereocenters. The summed E-state index contributed by atoms with van der Waals surface area (Å²) in [5.41, 5.74) is 1.39. The average Bonchev–Trinajstić information content (AvgIpc) is 2.77. The molecule has 0 saturated heterocycles. The molecule has 0 aliphatic heterocycles. The topological polar surface area (TPSA) is 44.1 Å². The quantitative estimate of drug-likeness (QED) is 0.754. The zero-order valence-corrected chi connectivity index (χ0v) is 9.83. The van der Waals surface area contributed by atoms with Crippen LogP contribution < -0.4 is 0 Å². The number of ether oxygens (including phenoxy) is 1. The van der Waals surface area contributed by atoms with Crippen molar-refractivity contribution in [2.75, 3.05) is 7.11 Å². The van der Waals surface area contributed by atoms with Crippen LogP contribution in [0.1, 0.15) is 22.2 Å². The van der Waals surface area contributed by atoms with Gasteiger partial charge in [-0.25, -0.2) is 0 Å². The summed E-state index contributed by atoms with van der Waals surface area (Å²) in [6, 6.07) is 11.1. The van der Waals surface area contributed by atoms with Crippen LogP contribution >= 0.6 is 0 Å². The van der Waals surface area contributed by atoms with Crippen molar-refractivity contribution in [2.24, 2.45) is 7.05 Å². The maximum Gasteiger partial charge on any atom is 0.214 e. The van der Waals surface area contributed by atoms with Gasteiger partial charge in [-0.2, -0.15) is 5.10 Å². The SMILES string of the molecule is COC(C(=O)c1ccnn1C)c1ccccc1. The molecule has 0 saturated carbocycles. The van der Waals surface area contributed by atoms with E-state index in [1.54, 1.807) is 24.0 Å². The molecule has 0 fully saturated rings. The highest BCUT2D eigenvalue weighted by Crippen LogP contribution is 2.21. The number of nitrogens with zero attached hydrogens (tertiary/aromatic N) is 2. The second-order valence-corrected chi connectivity index (χ2v) is 3.73. The van der Waals surface area contributed by atoms with E-state index in [-0.39, 0.29) is 5.78 Å². The standard InChI is InChI=1S/C13H14N2O2/c1-15-11(8-9-14-15)12(16)13(17-2)10-6-4-3-5-7-10/h3-9,13H,1-2H3. The third kappa shape index (κ3) is 2.26. The highest BCUT2D eigenvalue weighted by atomic mass is 16.5. The molecule has 0 spiro atoms. The summed E-state index contributed by atoms with van der Waals surface area (Å²) in [5.74, 6) is -0.0845. The number of benzene rings is 1. The lowest BCUT2D eigenvalue weighted by molar-refractivity contribution is 0.0594. The van der Waals surface area contributed by atoms with Crippen LogP contribution in [0.5, 0.6) is 0 Å². The zero-order chi connectivity index (χ0) is 12.3. The molecule has 1 aromatic carbocycles. The second-order valence-electron chi connectivity index (χ2n) is 3.73. The van der Waals surface area contributed by atoms with E-state index >= 15 is 0 Å². The van der Waals surface area contributed by atoms with Crippen LogP contribution in [-0.4, -0.2) is 22.7 Å². The molecule has 0 amide bonds. The third-order valence-electron chi connectivity index (χ3n) is 2.65. The Bertz CT molecular complexity index is 505. The van der Waals surface area contributed by atoms with Crippen molar-refractivity contribution in [3.63, 3.8) is 0 Å². The lowest BCUT2D eigenvalue weighted by Gasteiger charge is -2.14. The van der Waals surface area contributed by atoms with Crippen LogP contribution in [0, 0.1) is 0 Å². The van der Waals surface area contributed by atoms with Crippen LogP contribution in [0.2, 0.25) is 0 Å². The molecule has 0 radical (unpaired) electrons. The molecule has 2 aromatic rings. The smallest absolute Gasteiger partial charge is 0.214 e. The van der Waals surface area contributed by atoms with Crippen molar-refractivity contribution >= 4 is 5.78 Å². The van der Waals surface area contributed by atoms with Gasteiger partial charge in [0.05, 0.1) is 0 Å². The van der Waals surface area contributed by atoms with Crippen molar-refractivity contribution < 1.29 is 9.53 Å². The highest BCUT2D eigenvalue weighted by Gasteiger charge is 2.23. The van der Waals surface area contributed by atoms with Gasteiger partial charge in [-0.1, -0.05) is 30.3 Å². The zero-order valence-electron chi connectivity index (χ0n) is 9.83. The number of hydrogen-bond donors (Lipinski definition) is 0. The van der Waals surface area contributed by atoms with Gasteiger partial charge in [0, 0.05) is 20.4 Å². The van der Waals surface area contributed by atoms with Gasteiger partial charge in [0.1, 0.15) is 11.8 Å². The minimum atomic E-state index is -0.577. The number of methoxy groups -OCH3 is 1. The summed E-state index contributed by atoms with van der Waals surface area (Å²) in [6.07, 6.45) is 1.02. The van der Waals surface area contributed by atoms with Gasteiger partial charge in [0.15, 0.2) is 0 Å². The Morgan fingerprint density at radius 3 is 2.53 bits per heavy atom. The molecule has 1 unspecified atom stereocenters. The number of ketones is 1. The van der Waals surface area contributed by atoms with Gasteiger partial charge in [0.2, 0.25) is 5.78 Å². The number of aromatic nitrogens is 2. The normalized spacial score (nSPS) is 12.4. The van der Waals surface area contributed by atoms with E-state index in [4.69, 9.17) is 4.74 Å². The van der Waals surface area contributed by atoms with E-state index in [0.717, 1.165) is 5.56 Å². The van der Waals surface area contributed by atoms with Gasteiger partial charge in [-0.3, -0.25) is 9.48 Å². The summed E-state index contributed by atoms with van der Waals surface area (Å²) < 4.78 is 6.84. The second kappa shape index (κ2) is 4.93. The molecule has 17 heavy (non-hydrogen) atoms. The van der Waals surface area contributed by atoms with E-state index in [2.05, 4.69) is 5.10 Å². The van der Waals surface area contributed by atoms with Crippen LogP contribution in [-0.2, 0) is 11.8 Å². The van der Waals surface area contributed by atoms with Gasteiger partial charge in [-0.15, -0.1) is 0 Å². The maximum absolute atomic E-state index is 12.3. The van der Waals surface area contributed by atoms with Crippen molar-refractivity contribution in [1.82, 2.24) is 9.78 Å². The monoisotopic (exact) mass is 230 g/mol. The molecule has 0 aliphatic carbocycles. The molecule has 1 heterocycles. The molecular weight excluding hydrogens is 216 g/mol. The van der Waals surface area contributed by atoms with Crippen molar-refractivity contribution in [1.29, 1.82) is 0 Å². The summed E-state index contributed by atoms with van der Waals surface area (Å²) in [5, 5.41) is 3.99. The molecule has 4 nitrogen and oxygen atoms in total. The molecule has 1 aromatic heterocycles. The first-order valence-electron chi connectivity index (χ1n) is 5.34. The maximum atomic E-state index is 12.3. The van der Waals surface area contributed by atoms with Crippen molar-refractivity contribution in [3.05, 3.63) is 53.9 Å². The fraction of sp³-hybridized carbons (Fsp3) is 0.231. The molecule has 88 valence electrons. The van der Waals surface area contributed by atoms with E-state index < -0.39 is 6.10 Å². The fourth-order valence-electron chi connectivity index (χ4n) is 1.77. The van der Waals surface area contributed by atoms with Gasteiger partial charge < -0.3 is 4.74 Å². The predicted octanol–water partition coefficient (Wildman–Crippen LogP) is 1.99. The summed E-state index contributed by atoms with van der Waals surface area (Å²) in [6.45, 7) is 0. The van der Waals surface area contributed by atoms with Crippen molar-refractivity contribution in [3.8, 4) is 0 Å². The number of carbonyl (C=O) groups excluding carboxylic acids is 1. The Morgan fingerprint density at radius 1 is 1.29 bits per heavy atom. The number of aryl methyl sites for hydroxylation is 1. The first kappa shape index (κ1) is 11.5. The summed E-state index contributed by atoms with van der Waals surface area (Å²) >= 11 is 0. The van der Waals surface area contributed by atoms with E-state index in [0.29, 0.717) is 5.69 Å². The summed E-state index contributed by atoms with van der Waals surface area (Å²) in [4.78, 5) is 12.3. The molecule has 2 rings (SSSR count). The Hall–Kier alpha value is -1.94. The Kier molecular flexibility index (Phi) is 3.35. The van der Waals surface area contributed by atoms with Crippen LogP contribution in [0.4, 0.5) is 0 Å². The highest BCUT2D eigenvalue weighted by molar-refractivity contribution is 5.98. The first-order chi connectivity index (χ1) is 8.24. The van der Waals surface area contributed by atoms with Gasteiger partial charge >= 0.3 is 0 Å². The third-order valence-corrected chi connectivity index (χ3v) is 2.65. The molecule has 0 bridgehead atoms. The fourth-order valence-corrected chi connectivity index (χ4v) is 1.77. The number of Topliss-reactive ketones (excluding diaryl/α,β-unsaturated/α-hetero) is 1. The molecule has 0 aliphatic rings. The van der Waals surface area contributed by atoms with Crippen LogP contribution in [0.15, 0.2) is 42.6 Å². The molecule has 0 N–H and O–H groups in total.